The predicted octanol–water partition coefficient (Wildman–Crippen LogP) is 3.07. The van der Waals surface area contributed by atoms with Crippen molar-refractivity contribution in [3.63, 3.8) is 0 Å². The fourth-order valence-corrected chi connectivity index (χ4v) is 6.71. The molecule has 1 saturated carbocycles. The first kappa shape index (κ1) is 21.5. The molecule has 2 saturated heterocycles. The summed E-state index contributed by atoms with van der Waals surface area (Å²) in [5, 5.41) is 3.05. The van der Waals surface area contributed by atoms with E-state index in [2.05, 4.69) is 17.5 Å². The van der Waals surface area contributed by atoms with E-state index in [4.69, 9.17) is 9.47 Å². The molecule has 1 aromatic rings. The van der Waals surface area contributed by atoms with E-state index in [0.29, 0.717) is 42.8 Å². The summed E-state index contributed by atoms with van der Waals surface area (Å²) in [6.07, 6.45) is 8.55. The summed E-state index contributed by atoms with van der Waals surface area (Å²) < 4.78 is 10.8. The third-order valence-corrected chi connectivity index (χ3v) is 8.64. The highest BCUT2D eigenvalue weighted by atomic mass is 16.7. The number of piperidine rings is 1. The first-order valence-electron chi connectivity index (χ1n) is 12.5. The Bertz CT molecular complexity index is 1060. The van der Waals surface area contributed by atoms with Crippen molar-refractivity contribution >= 4 is 17.8 Å². The number of ether oxygens (including phenoxy) is 2. The number of hydrogen-bond acceptors (Lipinski definition) is 5. The van der Waals surface area contributed by atoms with Gasteiger partial charge in [-0.3, -0.25) is 14.5 Å². The number of allylic oxidation sites excluding steroid dienone is 2. The van der Waals surface area contributed by atoms with Crippen molar-refractivity contribution < 1.29 is 23.9 Å². The van der Waals surface area contributed by atoms with E-state index < -0.39 is 5.54 Å². The normalized spacial score (nSPS) is 32.1. The van der Waals surface area contributed by atoms with Crippen LogP contribution in [0.4, 0.5) is 4.79 Å². The van der Waals surface area contributed by atoms with Gasteiger partial charge in [-0.2, -0.15) is 0 Å². The molecule has 1 N–H and O–H groups in total. The van der Waals surface area contributed by atoms with Crippen molar-refractivity contribution in [1.29, 1.82) is 0 Å². The predicted molar refractivity (Wildman–Crippen MR) is 123 cm³/mol. The molecule has 180 valence electrons. The maximum Gasteiger partial charge on any atom is 0.325 e. The molecule has 0 aromatic heterocycles. The summed E-state index contributed by atoms with van der Waals surface area (Å²) in [6, 6.07) is 5.14. The molecule has 1 unspecified atom stereocenters. The lowest BCUT2D eigenvalue weighted by Gasteiger charge is -2.41. The van der Waals surface area contributed by atoms with Gasteiger partial charge in [-0.15, -0.1) is 0 Å². The molecule has 2 bridgehead atoms. The zero-order valence-electron chi connectivity index (χ0n) is 19.5. The largest absolute Gasteiger partial charge is 0.454 e. The second-order valence-electron chi connectivity index (χ2n) is 10.3. The van der Waals surface area contributed by atoms with Crippen molar-refractivity contribution in [2.75, 3.05) is 19.9 Å². The minimum absolute atomic E-state index is 0.0136. The van der Waals surface area contributed by atoms with Crippen LogP contribution in [-0.2, 0) is 16.1 Å². The molecule has 8 nitrogen and oxygen atoms in total. The number of carbonyl (C=O) groups excluding carboxylic acids is 3. The maximum absolute atomic E-state index is 13.6. The molecule has 4 atom stereocenters. The van der Waals surface area contributed by atoms with Crippen LogP contribution in [0.2, 0.25) is 0 Å². The molecular formula is C26H31N3O5. The fraction of sp³-hybridized carbons (Fsp3) is 0.577. The minimum Gasteiger partial charge on any atom is -0.454 e. The standard InChI is InChI=1S/C26H31N3O5/c1-2-26(19-7-9-28(10-8-19)23(30)20-12-16-3-5-18(20)11-16)24(31)29(25(32)27-26)14-17-4-6-21-22(13-17)34-15-33-21/h3-6,13,16,18-20H,2,7-12,14-15H2,1H3,(H,27,32)/t16-,18+,20+,26?/m1/s1. The Morgan fingerprint density at radius 1 is 1.12 bits per heavy atom. The Morgan fingerprint density at radius 3 is 2.62 bits per heavy atom. The van der Waals surface area contributed by atoms with Crippen LogP contribution in [0.5, 0.6) is 11.5 Å². The van der Waals surface area contributed by atoms with Crippen molar-refractivity contribution in [1.82, 2.24) is 15.1 Å². The molecule has 34 heavy (non-hydrogen) atoms. The maximum atomic E-state index is 13.6. The summed E-state index contributed by atoms with van der Waals surface area (Å²) in [5.74, 6) is 2.52. The van der Waals surface area contributed by atoms with Crippen molar-refractivity contribution in [2.24, 2.45) is 23.7 Å². The Labute approximate surface area is 199 Å². The van der Waals surface area contributed by atoms with Gasteiger partial charge in [0, 0.05) is 19.0 Å². The molecule has 3 fully saturated rings. The average molecular weight is 466 g/mol. The van der Waals surface area contributed by atoms with E-state index in [9.17, 15) is 14.4 Å². The van der Waals surface area contributed by atoms with Gasteiger partial charge in [-0.05, 0) is 67.6 Å². The zero-order chi connectivity index (χ0) is 23.4. The van der Waals surface area contributed by atoms with Crippen LogP contribution < -0.4 is 14.8 Å². The summed E-state index contributed by atoms with van der Waals surface area (Å²) in [6.45, 7) is 3.63. The van der Waals surface area contributed by atoms with Crippen LogP contribution >= 0.6 is 0 Å². The lowest BCUT2D eigenvalue weighted by molar-refractivity contribution is -0.139. The minimum atomic E-state index is -0.905. The lowest BCUT2D eigenvalue weighted by Crippen LogP contribution is -2.56. The highest BCUT2D eigenvalue weighted by molar-refractivity contribution is 6.07. The molecule has 2 aliphatic carbocycles. The first-order valence-corrected chi connectivity index (χ1v) is 12.5. The number of hydrogen-bond donors (Lipinski definition) is 1. The number of rotatable bonds is 5. The third-order valence-electron chi connectivity index (χ3n) is 8.64. The van der Waals surface area contributed by atoms with Gasteiger partial charge in [-0.25, -0.2) is 4.79 Å². The topological polar surface area (TPSA) is 88.2 Å². The number of nitrogens with zero attached hydrogens (tertiary/aromatic N) is 2. The van der Waals surface area contributed by atoms with Crippen LogP contribution in [0.25, 0.3) is 0 Å². The van der Waals surface area contributed by atoms with Crippen LogP contribution in [0.15, 0.2) is 30.4 Å². The quantitative estimate of drug-likeness (QED) is 0.533. The highest BCUT2D eigenvalue weighted by Crippen LogP contribution is 2.45. The first-order chi connectivity index (χ1) is 16.5. The Morgan fingerprint density at radius 2 is 1.91 bits per heavy atom. The Hall–Kier alpha value is -3.03. The van der Waals surface area contributed by atoms with E-state index in [1.807, 2.05) is 30.0 Å². The SMILES string of the molecule is CCC1(C2CCN(C(=O)[C@H]3C[C@@H]4C=C[C@H]3C4)CC2)NC(=O)N(Cc2ccc3c(c2)OCO3)C1=O. The molecule has 1 aromatic carbocycles. The summed E-state index contributed by atoms with van der Waals surface area (Å²) >= 11 is 0. The zero-order valence-corrected chi connectivity index (χ0v) is 19.5. The Kier molecular flexibility index (Phi) is 5.08. The van der Waals surface area contributed by atoms with Crippen LogP contribution in [0, 0.1) is 23.7 Å². The molecule has 5 aliphatic rings. The molecule has 0 spiro atoms. The molecule has 6 rings (SSSR count). The molecule has 3 aliphatic heterocycles. The molecule has 0 radical (unpaired) electrons. The number of urea groups is 1. The lowest BCUT2D eigenvalue weighted by atomic mass is 9.75. The number of imide groups is 1. The van der Waals surface area contributed by atoms with E-state index >= 15 is 0 Å². The van der Waals surface area contributed by atoms with Crippen LogP contribution in [0.1, 0.15) is 44.6 Å². The van der Waals surface area contributed by atoms with E-state index in [1.165, 1.54) is 4.90 Å². The molecule has 8 heteroatoms. The van der Waals surface area contributed by atoms with Gasteiger partial charge in [0.2, 0.25) is 12.7 Å². The van der Waals surface area contributed by atoms with Gasteiger partial charge < -0.3 is 19.7 Å². The van der Waals surface area contributed by atoms with Gasteiger partial charge in [0.25, 0.3) is 5.91 Å². The average Bonchev–Trinajstić information content (AvgIpc) is 3.65. The van der Waals surface area contributed by atoms with E-state index in [0.717, 1.165) is 31.2 Å². The van der Waals surface area contributed by atoms with Gasteiger partial charge in [0.05, 0.1) is 6.54 Å². The molecule has 3 heterocycles. The number of nitrogens with one attached hydrogen (secondary N) is 1. The highest BCUT2D eigenvalue weighted by Gasteiger charge is 2.55. The monoisotopic (exact) mass is 465 g/mol. The number of likely N-dealkylation sites (tertiary alicyclic amines) is 1. The smallest absolute Gasteiger partial charge is 0.325 e. The number of amides is 4. The second kappa shape index (κ2) is 8.03. The number of carbonyl (C=O) groups is 3. The van der Waals surface area contributed by atoms with Crippen molar-refractivity contribution in [3.8, 4) is 11.5 Å². The van der Waals surface area contributed by atoms with Crippen molar-refractivity contribution in [3.05, 3.63) is 35.9 Å². The number of benzene rings is 1. The summed E-state index contributed by atoms with van der Waals surface area (Å²) in [7, 11) is 0. The van der Waals surface area contributed by atoms with E-state index in [-0.39, 0.29) is 43.0 Å². The third kappa shape index (κ3) is 3.29. The van der Waals surface area contributed by atoms with E-state index in [1.54, 1.807) is 0 Å². The van der Waals surface area contributed by atoms with Gasteiger partial charge >= 0.3 is 6.03 Å². The van der Waals surface area contributed by atoms with Gasteiger partial charge in [0.15, 0.2) is 11.5 Å². The van der Waals surface area contributed by atoms with Gasteiger partial charge in [-0.1, -0.05) is 25.1 Å². The second-order valence-corrected chi connectivity index (χ2v) is 10.3. The van der Waals surface area contributed by atoms with Crippen LogP contribution in [-0.4, -0.2) is 53.1 Å². The van der Waals surface area contributed by atoms with Gasteiger partial charge in [0.1, 0.15) is 5.54 Å². The molecule has 4 amide bonds. The Balaban J connectivity index is 1.13. The molecular weight excluding hydrogens is 434 g/mol. The van der Waals surface area contributed by atoms with Crippen LogP contribution in [0.3, 0.4) is 0 Å². The summed E-state index contributed by atoms with van der Waals surface area (Å²) in [5.41, 5.74) is -0.0856. The number of fused-ring (bicyclic) bond motifs is 3. The van der Waals surface area contributed by atoms with Crippen molar-refractivity contribution in [2.45, 2.75) is 51.1 Å². The fourth-order valence-electron chi connectivity index (χ4n) is 6.71. The summed E-state index contributed by atoms with van der Waals surface area (Å²) in [4.78, 5) is 43.0.